The van der Waals surface area contributed by atoms with Crippen LogP contribution in [-0.2, 0) is 9.47 Å². The van der Waals surface area contributed by atoms with E-state index in [2.05, 4.69) is 32.9 Å². The van der Waals surface area contributed by atoms with E-state index in [1.807, 2.05) is 0 Å². The maximum atomic E-state index is 6.21. The third-order valence-corrected chi connectivity index (χ3v) is 4.25. The SMILES string of the molecule is COCCOC1C(Cl)CC1Oc1cc(C)cc(C)c1C. The fourth-order valence-electron chi connectivity index (χ4n) is 2.41. The van der Waals surface area contributed by atoms with Gasteiger partial charge in [-0.15, -0.1) is 11.6 Å². The molecule has 0 saturated heterocycles. The zero-order valence-electron chi connectivity index (χ0n) is 12.6. The zero-order valence-corrected chi connectivity index (χ0v) is 13.4. The van der Waals surface area contributed by atoms with E-state index in [9.17, 15) is 0 Å². The van der Waals surface area contributed by atoms with Crippen molar-refractivity contribution in [3.63, 3.8) is 0 Å². The van der Waals surface area contributed by atoms with Gasteiger partial charge in [0.15, 0.2) is 0 Å². The highest BCUT2D eigenvalue weighted by molar-refractivity contribution is 6.21. The molecule has 0 aromatic heterocycles. The predicted octanol–water partition coefficient (Wildman–Crippen LogP) is 3.40. The zero-order chi connectivity index (χ0) is 14.7. The van der Waals surface area contributed by atoms with Gasteiger partial charge >= 0.3 is 0 Å². The Hall–Kier alpha value is -0.770. The van der Waals surface area contributed by atoms with E-state index in [4.69, 9.17) is 25.8 Å². The van der Waals surface area contributed by atoms with Gasteiger partial charge in [-0.05, 0) is 43.5 Å². The van der Waals surface area contributed by atoms with Crippen molar-refractivity contribution in [3.8, 4) is 5.75 Å². The van der Waals surface area contributed by atoms with E-state index in [0.717, 1.165) is 12.2 Å². The molecule has 20 heavy (non-hydrogen) atoms. The van der Waals surface area contributed by atoms with Crippen LogP contribution in [0, 0.1) is 20.8 Å². The van der Waals surface area contributed by atoms with Crippen LogP contribution in [0.5, 0.6) is 5.75 Å². The van der Waals surface area contributed by atoms with Crippen molar-refractivity contribution in [1.82, 2.24) is 0 Å². The Morgan fingerprint density at radius 3 is 2.60 bits per heavy atom. The molecular weight excluding hydrogens is 276 g/mol. The van der Waals surface area contributed by atoms with Crippen LogP contribution in [0.1, 0.15) is 23.1 Å². The Kier molecular flexibility index (Phi) is 5.30. The fraction of sp³-hybridized carbons (Fsp3) is 0.625. The highest BCUT2D eigenvalue weighted by Crippen LogP contribution is 2.34. The number of benzene rings is 1. The lowest BCUT2D eigenvalue weighted by atomic mass is 9.90. The van der Waals surface area contributed by atoms with E-state index < -0.39 is 0 Å². The number of hydrogen-bond donors (Lipinski definition) is 0. The molecule has 0 N–H and O–H groups in total. The van der Waals surface area contributed by atoms with Gasteiger partial charge in [0.05, 0.1) is 18.6 Å². The Morgan fingerprint density at radius 1 is 1.20 bits per heavy atom. The smallest absolute Gasteiger partial charge is 0.128 e. The van der Waals surface area contributed by atoms with E-state index in [1.165, 1.54) is 16.7 Å². The molecule has 0 radical (unpaired) electrons. The lowest BCUT2D eigenvalue weighted by Gasteiger charge is -2.40. The number of halogens is 1. The summed E-state index contributed by atoms with van der Waals surface area (Å²) in [5.41, 5.74) is 3.64. The summed E-state index contributed by atoms with van der Waals surface area (Å²) in [6.07, 6.45) is 0.812. The molecule has 1 aliphatic rings. The molecule has 3 nitrogen and oxygen atoms in total. The summed E-state index contributed by atoms with van der Waals surface area (Å²) in [7, 11) is 1.66. The Labute approximate surface area is 126 Å². The number of rotatable bonds is 6. The molecule has 3 unspecified atom stereocenters. The van der Waals surface area contributed by atoms with Crippen LogP contribution in [0.4, 0.5) is 0 Å². The van der Waals surface area contributed by atoms with Crippen LogP contribution < -0.4 is 4.74 Å². The topological polar surface area (TPSA) is 27.7 Å². The average Bonchev–Trinajstić information content (AvgIpc) is 2.39. The highest BCUT2D eigenvalue weighted by atomic mass is 35.5. The Morgan fingerprint density at radius 2 is 1.95 bits per heavy atom. The van der Waals surface area contributed by atoms with Crippen molar-refractivity contribution in [2.75, 3.05) is 20.3 Å². The van der Waals surface area contributed by atoms with Crippen molar-refractivity contribution < 1.29 is 14.2 Å². The first-order chi connectivity index (χ1) is 9.52. The maximum absolute atomic E-state index is 6.21. The van der Waals surface area contributed by atoms with Crippen LogP contribution in [0.25, 0.3) is 0 Å². The summed E-state index contributed by atoms with van der Waals surface area (Å²) in [5, 5.41) is 0.0306. The number of alkyl halides is 1. The van der Waals surface area contributed by atoms with Crippen molar-refractivity contribution in [2.24, 2.45) is 0 Å². The van der Waals surface area contributed by atoms with Gasteiger partial charge in [0, 0.05) is 13.5 Å². The first-order valence-electron chi connectivity index (χ1n) is 7.02. The van der Waals surface area contributed by atoms with Gasteiger partial charge in [-0.1, -0.05) is 6.07 Å². The molecule has 3 atom stereocenters. The van der Waals surface area contributed by atoms with Gasteiger partial charge in [-0.25, -0.2) is 0 Å². The van der Waals surface area contributed by atoms with E-state index in [0.29, 0.717) is 13.2 Å². The van der Waals surface area contributed by atoms with Gasteiger partial charge in [0.25, 0.3) is 0 Å². The summed E-state index contributed by atoms with van der Waals surface area (Å²) in [4.78, 5) is 0. The van der Waals surface area contributed by atoms with Crippen molar-refractivity contribution in [2.45, 2.75) is 44.8 Å². The Bertz CT molecular complexity index is 461. The minimum atomic E-state index is -0.0490. The van der Waals surface area contributed by atoms with Gasteiger partial charge < -0.3 is 14.2 Å². The molecule has 0 bridgehead atoms. The lowest BCUT2D eigenvalue weighted by Crippen LogP contribution is -2.53. The summed E-state index contributed by atoms with van der Waals surface area (Å²) in [5.74, 6) is 0.941. The summed E-state index contributed by atoms with van der Waals surface area (Å²) in [6.45, 7) is 7.40. The van der Waals surface area contributed by atoms with Crippen LogP contribution in [0.15, 0.2) is 12.1 Å². The summed E-state index contributed by atoms with van der Waals surface area (Å²) < 4.78 is 16.8. The second-order valence-corrected chi connectivity index (χ2v) is 6.00. The first-order valence-corrected chi connectivity index (χ1v) is 7.45. The standard InChI is InChI=1S/C16H23ClO3/c1-10-7-11(2)12(3)14(8-10)20-15-9-13(17)16(15)19-6-5-18-4/h7-8,13,15-16H,5-6,9H2,1-4H3. The molecule has 0 heterocycles. The average molecular weight is 299 g/mol. The minimum Gasteiger partial charge on any atom is -0.487 e. The molecule has 4 heteroatoms. The molecule has 1 aromatic carbocycles. The predicted molar refractivity (Wildman–Crippen MR) is 80.9 cm³/mol. The fourth-order valence-corrected chi connectivity index (χ4v) is 2.82. The monoisotopic (exact) mass is 298 g/mol. The van der Waals surface area contributed by atoms with Crippen LogP contribution >= 0.6 is 11.6 Å². The van der Waals surface area contributed by atoms with Gasteiger partial charge in [-0.3, -0.25) is 0 Å². The minimum absolute atomic E-state index is 0.0306. The third kappa shape index (κ3) is 3.46. The molecule has 2 rings (SSSR count). The Balaban J connectivity index is 1.99. The normalized spacial score (nSPS) is 25.4. The summed E-state index contributed by atoms with van der Waals surface area (Å²) >= 11 is 6.21. The molecule has 1 aliphatic carbocycles. The molecule has 0 amide bonds. The molecule has 1 aromatic rings. The third-order valence-electron chi connectivity index (χ3n) is 3.82. The van der Waals surface area contributed by atoms with Crippen molar-refractivity contribution in [1.29, 1.82) is 0 Å². The molecule has 0 spiro atoms. The van der Waals surface area contributed by atoms with Gasteiger partial charge in [-0.2, -0.15) is 0 Å². The van der Waals surface area contributed by atoms with Crippen LogP contribution in [-0.4, -0.2) is 37.9 Å². The maximum Gasteiger partial charge on any atom is 0.128 e. The van der Waals surface area contributed by atoms with E-state index in [-0.39, 0.29) is 17.6 Å². The second kappa shape index (κ2) is 6.79. The molecule has 1 fully saturated rings. The van der Waals surface area contributed by atoms with Crippen LogP contribution in [0.2, 0.25) is 0 Å². The van der Waals surface area contributed by atoms with Crippen molar-refractivity contribution in [3.05, 3.63) is 28.8 Å². The molecule has 1 saturated carbocycles. The van der Waals surface area contributed by atoms with Gasteiger partial charge in [0.2, 0.25) is 0 Å². The van der Waals surface area contributed by atoms with Crippen molar-refractivity contribution >= 4 is 11.6 Å². The second-order valence-electron chi connectivity index (χ2n) is 5.44. The number of ether oxygens (including phenoxy) is 3. The number of aryl methyl sites for hydroxylation is 2. The molecular formula is C16H23ClO3. The first kappa shape index (κ1) is 15.6. The molecule has 112 valence electrons. The quantitative estimate of drug-likeness (QED) is 0.595. The summed E-state index contributed by atoms with van der Waals surface area (Å²) in [6, 6.07) is 4.25. The largest absolute Gasteiger partial charge is 0.487 e. The lowest BCUT2D eigenvalue weighted by molar-refractivity contribution is -0.0900. The highest BCUT2D eigenvalue weighted by Gasteiger charge is 2.43. The molecule has 0 aliphatic heterocycles. The van der Waals surface area contributed by atoms with Gasteiger partial charge in [0.1, 0.15) is 18.0 Å². The number of methoxy groups -OCH3 is 1. The van der Waals surface area contributed by atoms with E-state index in [1.54, 1.807) is 7.11 Å². The van der Waals surface area contributed by atoms with Crippen LogP contribution in [0.3, 0.4) is 0 Å². The number of hydrogen-bond acceptors (Lipinski definition) is 3. The van der Waals surface area contributed by atoms with E-state index >= 15 is 0 Å².